The van der Waals surface area contributed by atoms with Crippen LogP contribution in [0.5, 0.6) is 0 Å². The van der Waals surface area contributed by atoms with Crippen molar-refractivity contribution in [3.05, 3.63) is 58.2 Å². The van der Waals surface area contributed by atoms with E-state index in [4.69, 9.17) is 16.6 Å². The van der Waals surface area contributed by atoms with Crippen LogP contribution in [-0.2, 0) is 0 Å². The third-order valence-electron chi connectivity index (χ3n) is 6.18. The number of carbonyl (C=O) groups is 1. The van der Waals surface area contributed by atoms with Crippen LogP contribution < -0.4 is 10.6 Å². The Morgan fingerprint density at radius 2 is 2.00 bits per heavy atom. The van der Waals surface area contributed by atoms with E-state index < -0.39 is 6.10 Å². The van der Waals surface area contributed by atoms with Gasteiger partial charge in [0.1, 0.15) is 0 Å². The van der Waals surface area contributed by atoms with Gasteiger partial charge in [-0.1, -0.05) is 17.7 Å². The lowest BCUT2D eigenvalue weighted by molar-refractivity contribution is 0.0951. The van der Waals surface area contributed by atoms with Crippen molar-refractivity contribution in [3.63, 3.8) is 0 Å². The summed E-state index contributed by atoms with van der Waals surface area (Å²) in [5, 5.41) is 25.4. The highest BCUT2D eigenvalue weighted by molar-refractivity contribution is 6.34. The van der Waals surface area contributed by atoms with Crippen molar-refractivity contribution in [1.29, 1.82) is 0 Å². The molecule has 9 heteroatoms. The molecule has 2 aromatic carbocycles. The number of fused-ring (bicyclic) bond motifs is 3. The standard InChI is InChI=1S/C25H26ClN5O3/c1-13-7-20-21(8-14(13)2)31-22(11-28-24(31)23(30-20)27-10-17(33)12-32)15-3-6-18(19(26)9-15)25(34)29-16-4-5-16/h3,6-9,11,16-17,32-33H,4-5,10,12H2,1-2H3,(H,27,30)(H,29,34)/t17-/m1/s1. The van der Waals surface area contributed by atoms with E-state index in [1.807, 2.05) is 30.4 Å². The lowest BCUT2D eigenvalue weighted by Crippen LogP contribution is -2.25. The van der Waals surface area contributed by atoms with E-state index in [0.29, 0.717) is 22.1 Å². The smallest absolute Gasteiger partial charge is 0.253 e. The van der Waals surface area contributed by atoms with Crippen LogP contribution in [0.2, 0.25) is 5.02 Å². The van der Waals surface area contributed by atoms with Crippen LogP contribution in [0, 0.1) is 13.8 Å². The topological polar surface area (TPSA) is 112 Å². The lowest BCUT2D eigenvalue weighted by atomic mass is 10.1. The van der Waals surface area contributed by atoms with Crippen molar-refractivity contribution in [2.45, 2.75) is 38.8 Å². The van der Waals surface area contributed by atoms with Gasteiger partial charge in [-0.25, -0.2) is 9.97 Å². The number of nitrogens with zero attached hydrogens (tertiary/aromatic N) is 3. The molecule has 1 fully saturated rings. The minimum absolute atomic E-state index is 0.133. The summed E-state index contributed by atoms with van der Waals surface area (Å²) in [6, 6.07) is 9.73. The molecule has 0 saturated heterocycles. The monoisotopic (exact) mass is 479 g/mol. The number of aryl methyl sites for hydroxylation is 2. The number of aliphatic hydroxyl groups excluding tert-OH is 2. The van der Waals surface area contributed by atoms with Gasteiger partial charge in [-0.05, 0) is 62.1 Å². The van der Waals surface area contributed by atoms with E-state index in [0.717, 1.165) is 46.3 Å². The minimum atomic E-state index is -0.917. The zero-order chi connectivity index (χ0) is 24.0. The average Bonchev–Trinajstić information content (AvgIpc) is 3.51. The fourth-order valence-corrected chi connectivity index (χ4v) is 4.20. The highest BCUT2D eigenvalue weighted by Gasteiger charge is 2.25. The number of benzene rings is 2. The molecule has 1 saturated carbocycles. The molecule has 1 aliphatic carbocycles. The van der Waals surface area contributed by atoms with Gasteiger partial charge >= 0.3 is 0 Å². The molecule has 34 heavy (non-hydrogen) atoms. The van der Waals surface area contributed by atoms with E-state index in [1.165, 1.54) is 0 Å². The van der Waals surface area contributed by atoms with Crippen molar-refractivity contribution in [3.8, 4) is 11.3 Å². The van der Waals surface area contributed by atoms with Gasteiger partial charge in [-0.2, -0.15) is 0 Å². The number of carbonyl (C=O) groups excluding carboxylic acids is 1. The number of amides is 1. The van der Waals surface area contributed by atoms with Gasteiger partial charge in [-0.3, -0.25) is 9.20 Å². The molecule has 0 radical (unpaired) electrons. The summed E-state index contributed by atoms with van der Waals surface area (Å²) in [5.74, 6) is 0.341. The Morgan fingerprint density at radius 3 is 2.71 bits per heavy atom. The second-order valence-corrected chi connectivity index (χ2v) is 9.25. The summed E-state index contributed by atoms with van der Waals surface area (Å²) < 4.78 is 2.00. The molecule has 0 unspecified atom stereocenters. The number of aromatic nitrogens is 3. The molecule has 5 rings (SSSR count). The zero-order valence-electron chi connectivity index (χ0n) is 19.0. The Hall–Kier alpha value is -3.20. The van der Waals surface area contributed by atoms with Gasteiger partial charge in [-0.15, -0.1) is 0 Å². The Balaban J connectivity index is 1.64. The lowest BCUT2D eigenvalue weighted by Gasteiger charge is -2.14. The Labute approximate surface area is 201 Å². The van der Waals surface area contributed by atoms with Crippen LogP contribution in [0.4, 0.5) is 5.82 Å². The maximum absolute atomic E-state index is 12.5. The van der Waals surface area contributed by atoms with Crippen molar-refractivity contribution in [2.75, 3.05) is 18.5 Å². The largest absolute Gasteiger partial charge is 0.394 e. The molecule has 176 valence electrons. The molecule has 4 N–H and O–H groups in total. The second-order valence-electron chi connectivity index (χ2n) is 8.85. The molecule has 2 aromatic heterocycles. The number of halogens is 1. The van der Waals surface area contributed by atoms with Crippen molar-refractivity contribution >= 4 is 40.0 Å². The predicted octanol–water partition coefficient (Wildman–Crippen LogP) is 3.48. The zero-order valence-corrected chi connectivity index (χ0v) is 19.7. The quantitative estimate of drug-likeness (QED) is 0.323. The number of rotatable bonds is 7. The number of hydrogen-bond acceptors (Lipinski definition) is 6. The molecule has 4 aromatic rings. The van der Waals surface area contributed by atoms with Crippen LogP contribution >= 0.6 is 11.6 Å². The first kappa shape index (κ1) is 22.6. The van der Waals surface area contributed by atoms with Gasteiger partial charge in [0.15, 0.2) is 11.5 Å². The molecular weight excluding hydrogens is 454 g/mol. The van der Waals surface area contributed by atoms with Gasteiger partial charge in [0, 0.05) is 18.2 Å². The van der Waals surface area contributed by atoms with Gasteiger partial charge < -0.3 is 20.8 Å². The van der Waals surface area contributed by atoms with E-state index >= 15 is 0 Å². The first-order valence-corrected chi connectivity index (χ1v) is 11.7. The fraction of sp³-hybridized carbons (Fsp3) is 0.320. The molecule has 1 atom stereocenters. The van der Waals surface area contributed by atoms with Crippen LogP contribution in [0.25, 0.3) is 27.9 Å². The summed E-state index contributed by atoms with van der Waals surface area (Å²) in [7, 11) is 0. The van der Waals surface area contributed by atoms with Gasteiger partial charge in [0.25, 0.3) is 5.91 Å². The van der Waals surface area contributed by atoms with Crippen LogP contribution in [-0.4, -0.2) is 55.8 Å². The molecule has 1 amide bonds. The first-order valence-electron chi connectivity index (χ1n) is 11.3. The van der Waals surface area contributed by atoms with E-state index in [1.54, 1.807) is 18.3 Å². The maximum atomic E-state index is 12.5. The minimum Gasteiger partial charge on any atom is -0.394 e. The van der Waals surface area contributed by atoms with Gasteiger partial charge in [0.2, 0.25) is 0 Å². The molecule has 1 aliphatic rings. The molecule has 8 nitrogen and oxygen atoms in total. The number of hydrogen-bond donors (Lipinski definition) is 4. The molecule has 0 aliphatic heterocycles. The number of aliphatic hydroxyl groups is 2. The van der Waals surface area contributed by atoms with Crippen LogP contribution in [0.3, 0.4) is 0 Å². The summed E-state index contributed by atoms with van der Waals surface area (Å²) >= 11 is 6.53. The number of imidazole rings is 1. The normalized spacial score (nSPS) is 14.5. The highest BCUT2D eigenvalue weighted by atomic mass is 35.5. The molecule has 2 heterocycles. The second kappa shape index (κ2) is 8.87. The van der Waals surface area contributed by atoms with E-state index in [2.05, 4.69) is 21.7 Å². The average molecular weight is 480 g/mol. The van der Waals surface area contributed by atoms with Crippen molar-refractivity contribution in [1.82, 2.24) is 19.7 Å². The number of anilines is 1. The number of nitrogens with one attached hydrogen (secondary N) is 2. The highest BCUT2D eigenvalue weighted by Crippen LogP contribution is 2.32. The van der Waals surface area contributed by atoms with E-state index in [-0.39, 0.29) is 25.1 Å². The van der Waals surface area contributed by atoms with E-state index in [9.17, 15) is 15.0 Å². The Morgan fingerprint density at radius 1 is 1.24 bits per heavy atom. The summed E-state index contributed by atoms with van der Waals surface area (Å²) in [5.41, 5.74) is 6.52. The first-order chi connectivity index (χ1) is 16.4. The van der Waals surface area contributed by atoms with Crippen molar-refractivity contribution < 1.29 is 15.0 Å². The molecule has 0 bridgehead atoms. The summed E-state index contributed by atoms with van der Waals surface area (Å²) in [6.07, 6.45) is 2.85. The summed E-state index contributed by atoms with van der Waals surface area (Å²) in [4.78, 5) is 21.8. The molecule has 0 spiro atoms. The third-order valence-corrected chi connectivity index (χ3v) is 6.49. The fourth-order valence-electron chi connectivity index (χ4n) is 3.94. The van der Waals surface area contributed by atoms with Crippen LogP contribution in [0.15, 0.2) is 36.5 Å². The predicted molar refractivity (Wildman–Crippen MR) is 132 cm³/mol. The van der Waals surface area contributed by atoms with Crippen LogP contribution in [0.1, 0.15) is 34.3 Å². The Kier molecular flexibility index (Phi) is 5.89. The van der Waals surface area contributed by atoms with Gasteiger partial charge in [0.05, 0.1) is 46.2 Å². The Bertz CT molecular complexity index is 1410. The maximum Gasteiger partial charge on any atom is 0.253 e. The van der Waals surface area contributed by atoms with Crippen molar-refractivity contribution in [2.24, 2.45) is 0 Å². The SMILES string of the molecule is Cc1cc2nc(NC[C@@H](O)CO)c3ncc(-c4ccc(C(=O)NC5CC5)c(Cl)c4)n3c2cc1C. The third kappa shape index (κ3) is 4.20. The molecular formula is C25H26ClN5O3. The summed E-state index contributed by atoms with van der Waals surface area (Å²) in [6.45, 7) is 3.86.